The predicted molar refractivity (Wildman–Crippen MR) is 88.2 cm³/mol. The summed E-state index contributed by atoms with van der Waals surface area (Å²) in [5.41, 5.74) is 4.00. The molecular formula is C19H20N2. The first-order valence-electron chi connectivity index (χ1n) is 7.35. The van der Waals surface area contributed by atoms with Crippen molar-refractivity contribution in [2.45, 2.75) is 26.4 Å². The summed E-state index contributed by atoms with van der Waals surface area (Å²) < 4.78 is 0. The Kier molecular flexibility index (Phi) is 3.98. The van der Waals surface area contributed by atoms with E-state index in [0.29, 0.717) is 6.04 Å². The molecule has 1 N–H and O–H groups in total. The Bertz CT molecular complexity index is 749. The van der Waals surface area contributed by atoms with Gasteiger partial charge >= 0.3 is 0 Å². The quantitative estimate of drug-likeness (QED) is 0.764. The van der Waals surface area contributed by atoms with Crippen molar-refractivity contribution in [3.05, 3.63) is 77.6 Å². The van der Waals surface area contributed by atoms with Gasteiger partial charge in [0.25, 0.3) is 0 Å². The first-order valence-corrected chi connectivity index (χ1v) is 7.35. The molecule has 0 saturated carbocycles. The number of rotatable bonds is 4. The maximum Gasteiger partial charge on any atom is 0.0346 e. The van der Waals surface area contributed by atoms with E-state index in [1.54, 1.807) is 0 Å². The van der Waals surface area contributed by atoms with Crippen molar-refractivity contribution in [1.29, 1.82) is 0 Å². The van der Waals surface area contributed by atoms with Crippen LogP contribution in [0.4, 0.5) is 0 Å². The summed E-state index contributed by atoms with van der Waals surface area (Å²) in [6.45, 7) is 5.25. The summed E-state index contributed by atoms with van der Waals surface area (Å²) in [7, 11) is 0. The van der Waals surface area contributed by atoms with Crippen LogP contribution in [0.5, 0.6) is 0 Å². The van der Waals surface area contributed by atoms with Crippen molar-refractivity contribution in [3.8, 4) is 0 Å². The monoisotopic (exact) mass is 276 g/mol. The Hall–Kier alpha value is -2.19. The van der Waals surface area contributed by atoms with Crippen molar-refractivity contribution in [2.24, 2.45) is 0 Å². The minimum absolute atomic E-state index is 0.347. The van der Waals surface area contributed by atoms with Crippen LogP contribution in [0.15, 0.2) is 60.9 Å². The van der Waals surface area contributed by atoms with Gasteiger partial charge in [-0.1, -0.05) is 36.4 Å². The summed E-state index contributed by atoms with van der Waals surface area (Å²) in [6.07, 6.45) is 3.75. The van der Waals surface area contributed by atoms with Gasteiger partial charge in [-0.05, 0) is 48.1 Å². The molecular weight excluding hydrogens is 256 g/mol. The zero-order valence-electron chi connectivity index (χ0n) is 12.5. The smallest absolute Gasteiger partial charge is 0.0346 e. The second-order valence-corrected chi connectivity index (χ2v) is 5.52. The molecule has 21 heavy (non-hydrogen) atoms. The highest BCUT2D eigenvalue weighted by molar-refractivity contribution is 5.81. The molecule has 2 aromatic carbocycles. The van der Waals surface area contributed by atoms with Crippen molar-refractivity contribution in [1.82, 2.24) is 10.3 Å². The summed E-state index contributed by atoms with van der Waals surface area (Å²) in [5.74, 6) is 0. The van der Waals surface area contributed by atoms with Crippen LogP contribution >= 0.6 is 0 Å². The van der Waals surface area contributed by atoms with Gasteiger partial charge in [-0.15, -0.1) is 0 Å². The molecule has 2 nitrogen and oxygen atoms in total. The number of pyridine rings is 1. The standard InChI is InChI=1S/C19H20N2/c1-14-5-3-4-6-19(14)15(2)21-12-16-7-8-18-13-20-10-9-17(18)11-16/h3-11,13,15,21H,12H2,1-2H3. The van der Waals surface area contributed by atoms with Crippen LogP contribution in [0.2, 0.25) is 0 Å². The van der Waals surface area contributed by atoms with Crippen LogP contribution in [0, 0.1) is 6.92 Å². The molecule has 0 fully saturated rings. The highest BCUT2D eigenvalue weighted by Crippen LogP contribution is 2.18. The number of hydrogen-bond acceptors (Lipinski definition) is 2. The highest BCUT2D eigenvalue weighted by Gasteiger charge is 2.07. The molecule has 1 atom stereocenters. The molecule has 3 rings (SSSR count). The minimum atomic E-state index is 0.347. The summed E-state index contributed by atoms with van der Waals surface area (Å²) >= 11 is 0. The van der Waals surface area contributed by atoms with Gasteiger partial charge in [-0.25, -0.2) is 0 Å². The Morgan fingerprint density at radius 3 is 2.76 bits per heavy atom. The molecule has 2 heteroatoms. The second kappa shape index (κ2) is 6.06. The van der Waals surface area contributed by atoms with Gasteiger partial charge in [0.2, 0.25) is 0 Å². The Morgan fingerprint density at radius 1 is 1.05 bits per heavy atom. The fraction of sp³-hybridized carbons (Fsp3) is 0.211. The van der Waals surface area contributed by atoms with E-state index in [1.807, 2.05) is 12.4 Å². The van der Waals surface area contributed by atoms with E-state index in [9.17, 15) is 0 Å². The minimum Gasteiger partial charge on any atom is -0.306 e. The predicted octanol–water partition coefficient (Wildman–Crippen LogP) is 4.39. The molecule has 0 saturated heterocycles. The normalized spacial score (nSPS) is 12.5. The van der Waals surface area contributed by atoms with E-state index in [1.165, 1.54) is 27.5 Å². The molecule has 1 heterocycles. The lowest BCUT2D eigenvalue weighted by Gasteiger charge is -2.16. The lowest BCUT2D eigenvalue weighted by atomic mass is 10.0. The average Bonchev–Trinajstić information content (AvgIpc) is 2.53. The Morgan fingerprint density at radius 2 is 1.90 bits per heavy atom. The highest BCUT2D eigenvalue weighted by atomic mass is 14.9. The van der Waals surface area contributed by atoms with Crippen LogP contribution in [0.1, 0.15) is 29.7 Å². The van der Waals surface area contributed by atoms with Crippen LogP contribution in [0.25, 0.3) is 10.8 Å². The van der Waals surface area contributed by atoms with Crippen molar-refractivity contribution in [2.75, 3.05) is 0 Å². The van der Waals surface area contributed by atoms with E-state index < -0.39 is 0 Å². The Labute approximate surface area is 125 Å². The van der Waals surface area contributed by atoms with Crippen LogP contribution < -0.4 is 5.32 Å². The number of hydrogen-bond donors (Lipinski definition) is 1. The number of aryl methyl sites for hydroxylation is 1. The number of fused-ring (bicyclic) bond motifs is 1. The molecule has 0 aliphatic heterocycles. The first kappa shape index (κ1) is 13.8. The molecule has 0 bridgehead atoms. The van der Waals surface area contributed by atoms with Crippen LogP contribution in [0.3, 0.4) is 0 Å². The van der Waals surface area contributed by atoms with Gasteiger partial charge in [-0.3, -0.25) is 4.98 Å². The zero-order chi connectivity index (χ0) is 14.7. The Balaban J connectivity index is 1.73. The maximum absolute atomic E-state index is 4.15. The molecule has 0 radical (unpaired) electrons. The lowest BCUT2D eigenvalue weighted by Crippen LogP contribution is -2.18. The third-order valence-electron chi connectivity index (χ3n) is 3.97. The molecule has 0 amide bonds. The van der Waals surface area contributed by atoms with Gasteiger partial charge in [0, 0.05) is 30.4 Å². The molecule has 106 valence electrons. The van der Waals surface area contributed by atoms with Crippen LogP contribution in [-0.4, -0.2) is 4.98 Å². The first-order chi connectivity index (χ1) is 10.2. The molecule has 0 aliphatic rings. The topological polar surface area (TPSA) is 24.9 Å². The third kappa shape index (κ3) is 3.11. The largest absolute Gasteiger partial charge is 0.306 e. The van der Waals surface area contributed by atoms with Crippen molar-refractivity contribution >= 4 is 10.8 Å². The third-order valence-corrected chi connectivity index (χ3v) is 3.97. The lowest BCUT2D eigenvalue weighted by molar-refractivity contribution is 0.572. The molecule has 1 unspecified atom stereocenters. The number of nitrogens with one attached hydrogen (secondary N) is 1. The number of aromatic nitrogens is 1. The van der Waals surface area contributed by atoms with Crippen molar-refractivity contribution < 1.29 is 0 Å². The van der Waals surface area contributed by atoms with E-state index >= 15 is 0 Å². The zero-order valence-corrected chi connectivity index (χ0v) is 12.5. The van der Waals surface area contributed by atoms with Gasteiger partial charge in [-0.2, -0.15) is 0 Å². The SMILES string of the molecule is Cc1ccccc1C(C)NCc1ccc2cnccc2c1. The van der Waals surface area contributed by atoms with Crippen LogP contribution in [-0.2, 0) is 6.54 Å². The second-order valence-electron chi connectivity index (χ2n) is 5.52. The average molecular weight is 276 g/mol. The fourth-order valence-corrected chi connectivity index (χ4v) is 2.70. The van der Waals surface area contributed by atoms with Gasteiger partial charge < -0.3 is 5.32 Å². The van der Waals surface area contributed by atoms with Gasteiger partial charge in [0.15, 0.2) is 0 Å². The van der Waals surface area contributed by atoms with E-state index in [0.717, 1.165) is 6.54 Å². The maximum atomic E-state index is 4.15. The van der Waals surface area contributed by atoms with E-state index in [4.69, 9.17) is 0 Å². The summed E-state index contributed by atoms with van der Waals surface area (Å²) in [6, 6.07) is 17.5. The van der Waals surface area contributed by atoms with Gasteiger partial charge in [0.1, 0.15) is 0 Å². The fourth-order valence-electron chi connectivity index (χ4n) is 2.70. The van der Waals surface area contributed by atoms with E-state index in [-0.39, 0.29) is 0 Å². The van der Waals surface area contributed by atoms with E-state index in [2.05, 4.69) is 72.7 Å². The molecule has 3 aromatic rings. The number of nitrogens with zero attached hydrogens (tertiary/aromatic N) is 1. The number of benzene rings is 2. The van der Waals surface area contributed by atoms with Gasteiger partial charge in [0.05, 0.1) is 0 Å². The molecule has 0 spiro atoms. The molecule has 1 aromatic heterocycles. The van der Waals surface area contributed by atoms with Crippen molar-refractivity contribution in [3.63, 3.8) is 0 Å². The summed E-state index contributed by atoms with van der Waals surface area (Å²) in [4.78, 5) is 4.15. The molecule has 0 aliphatic carbocycles. The summed E-state index contributed by atoms with van der Waals surface area (Å²) in [5, 5.41) is 6.04.